The molecule has 9 heteroatoms. The van der Waals surface area contributed by atoms with Crippen molar-refractivity contribution in [2.24, 2.45) is 7.05 Å². The number of ether oxygens (including phenoxy) is 1. The van der Waals surface area contributed by atoms with Crippen molar-refractivity contribution in [3.8, 4) is 5.75 Å². The molecule has 1 fully saturated rings. The number of carbonyl (C=O) groups excluding carboxylic acids is 1. The van der Waals surface area contributed by atoms with Gasteiger partial charge in [0.05, 0.1) is 12.8 Å². The number of nitrogens with zero attached hydrogens (tertiary/aromatic N) is 4. The van der Waals surface area contributed by atoms with Gasteiger partial charge in [0.1, 0.15) is 10.6 Å². The number of rotatable bonds is 5. The van der Waals surface area contributed by atoms with Crippen molar-refractivity contribution in [2.75, 3.05) is 32.8 Å². The second-order valence-corrected chi connectivity index (χ2v) is 8.29. The molecule has 1 aliphatic heterocycles. The Hall–Kier alpha value is -2.39. The van der Waals surface area contributed by atoms with Crippen molar-refractivity contribution in [2.45, 2.75) is 18.2 Å². The first-order chi connectivity index (χ1) is 12.9. The van der Waals surface area contributed by atoms with Crippen molar-refractivity contribution >= 4 is 15.9 Å². The summed E-state index contributed by atoms with van der Waals surface area (Å²) in [7, 11) is -1.92. The largest absolute Gasteiger partial charge is 0.494 e. The van der Waals surface area contributed by atoms with Gasteiger partial charge < -0.3 is 9.64 Å². The van der Waals surface area contributed by atoms with E-state index in [2.05, 4.69) is 5.10 Å². The van der Waals surface area contributed by atoms with Crippen LogP contribution in [-0.4, -0.2) is 66.1 Å². The second kappa shape index (κ2) is 8.10. The van der Waals surface area contributed by atoms with Gasteiger partial charge >= 0.3 is 0 Å². The van der Waals surface area contributed by atoms with Gasteiger partial charge in [-0.2, -0.15) is 9.40 Å². The molecule has 0 bridgehead atoms. The molecule has 146 valence electrons. The number of hydrogen-bond acceptors (Lipinski definition) is 5. The number of aromatic nitrogens is 2. The third-order valence-corrected chi connectivity index (χ3v) is 6.32. The molecule has 0 saturated carbocycles. The second-order valence-electron chi connectivity index (χ2n) is 6.36. The van der Waals surface area contributed by atoms with Crippen LogP contribution >= 0.6 is 0 Å². The Morgan fingerprint density at radius 1 is 1.15 bits per heavy atom. The number of benzene rings is 1. The van der Waals surface area contributed by atoms with Crippen molar-refractivity contribution in [1.82, 2.24) is 19.0 Å². The molecule has 1 amide bonds. The highest BCUT2D eigenvalue weighted by atomic mass is 32.2. The molecule has 0 N–H and O–H groups in total. The number of amides is 1. The summed E-state index contributed by atoms with van der Waals surface area (Å²) in [6.07, 6.45) is 3.43. The Morgan fingerprint density at radius 2 is 1.89 bits per heavy atom. The molecular formula is C18H24N4O4S. The SMILES string of the molecule is CCOc1ccc(C(=O)N2CCCN(S(=O)(=O)c3cnn(C)c3)CC2)cc1. The highest BCUT2D eigenvalue weighted by molar-refractivity contribution is 7.89. The van der Waals surface area contributed by atoms with Gasteiger partial charge in [-0.3, -0.25) is 9.48 Å². The third-order valence-electron chi connectivity index (χ3n) is 4.47. The van der Waals surface area contributed by atoms with Crippen molar-refractivity contribution in [3.63, 3.8) is 0 Å². The summed E-state index contributed by atoms with van der Waals surface area (Å²) < 4.78 is 33.8. The molecule has 0 spiro atoms. The molecule has 0 atom stereocenters. The van der Waals surface area contributed by atoms with Crippen molar-refractivity contribution < 1.29 is 17.9 Å². The van der Waals surface area contributed by atoms with E-state index in [1.807, 2.05) is 6.92 Å². The molecule has 1 aromatic carbocycles. The number of aryl methyl sites for hydroxylation is 1. The van der Waals surface area contributed by atoms with Crippen LogP contribution in [0.4, 0.5) is 0 Å². The fourth-order valence-electron chi connectivity index (χ4n) is 3.06. The van der Waals surface area contributed by atoms with E-state index in [0.717, 1.165) is 5.75 Å². The standard InChI is InChI=1S/C18H24N4O4S/c1-3-26-16-7-5-15(6-8-16)18(23)21-9-4-10-22(12-11-21)27(24,25)17-13-19-20(2)14-17/h5-8,13-14H,3-4,9-12H2,1-2H3. The zero-order valence-electron chi connectivity index (χ0n) is 15.5. The van der Waals surface area contributed by atoms with Crippen LogP contribution in [0.2, 0.25) is 0 Å². The minimum Gasteiger partial charge on any atom is -0.494 e. The van der Waals surface area contributed by atoms with E-state index in [1.165, 1.54) is 21.4 Å². The molecule has 2 heterocycles. The molecule has 0 radical (unpaired) electrons. The fourth-order valence-corrected chi connectivity index (χ4v) is 4.52. The van der Waals surface area contributed by atoms with Crippen LogP contribution in [0.5, 0.6) is 5.75 Å². The van der Waals surface area contributed by atoms with Crippen LogP contribution in [0.25, 0.3) is 0 Å². The Labute approximate surface area is 159 Å². The molecule has 8 nitrogen and oxygen atoms in total. The van der Waals surface area contributed by atoms with E-state index >= 15 is 0 Å². The van der Waals surface area contributed by atoms with Gasteiger partial charge in [0.25, 0.3) is 5.91 Å². The van der Waals surface area contributed by atoms with E-state index in [-0.39, 0.29) is 17.3 Å². The first kappa shape index (κ1) is 19.4. The zero-order valence-corrected chi connectivity index (χ0v) is 16.4. The Morgan fingerprint density at radius 3 is 2.52 bits per heavy atom. The molecule has 0 aliphatic carbocycles. The Bertz CT molecular complexity index is 892. The average molecular weight is 392 g/mol. The molecular weight excluding hydrogens is 368 g/mol. The molecule has 0 unspecified atom stereocenters. The van der Waals surface area contributed by atoms with Gasteiger partial charge in [-0.25, -0.2) is 8.42 Å². The quantitative estimate of drug-likeness (QED) is 0.767. The molecule has 2 aromatic rings. The van der Waals surface area contributed by atoms with Crippen molar-refractivity contribution in [1.29, 1.82) is 0 Å². The number of carbonyl (C=O) groups is 1. The number of sulfonamides is 1. The van der Waals surface area contributed by atoms with E-state index < -0.39 is 10.0 Å². The average Bonchev–Trinajstić information content (AvgIpc) is 2.95. The predicted octanol–water partition coefficient (Wildman–Crippen LogP) is 1.36. The smallest absolute Gasteiger partial charge is 0.253 e. The normalized spacial score (nSPS) is 16.1. The summed E-state index contributed by atoms with van der Waals surface area (Å²) >= 11 is 0. The minimum atomic E-state index is -3.59. The highest BCUT2D eigenvalue weighted by Crippen LogP contribution is 2.19. The maximum Gasteiger partial charge on any atom is 0.253 e. The van der Waals surface area contributed by atoms with Crippen LogP contribution in [0, 0.1) is 0 Å². The maximum atomic E-state index is 12.8. The molecule has 1 aliphatic rings. The van der Waals surface area contributed by atoms with Gasteiger partial charge in [0, 0.05) is 45.0 Å². The first-order valence-corrected chi connectivity index (χ1v) is 10.4. The van der Waals surface area contributed by atoms with Crippen LogP contribution in [-0.2, 0) is 17.1 Å². The third kappa shape index (κ3) is 4.30. The van der Waals surface area contributed by atoms with Crippen LogP contribution in [0.15, 0.2) is 41.6 Å². The van der Waals surface area contributed by atoms with E-state index in [9.17, 15) is 13.2 Å². The lowest BCUT2D eigenvalue weighted by Crippen LogP contribution is -2.37. The van der Waals surface area contributed by atoms with Crippen LogP contribution < -0.4 is 4.74 Å². The lowest BCUT2D eigenvalue weighted by atomic mass is 10.2. The summed E-state index contributed by atoms with van der Waals surface area (Å²) in [5.41, 5.74) is 0.571. The van der Waals surface area contributed by atoms with E-state index in [0.29, 0.717) is 38.2 Å². The lowest BCUT2D eigenvalue weighted by Gasteiger charge is -2.21. The lowest BCUT2D eigenvalue weighted by molar-refractivity contribution is 0.0764. The molecule has 27 heavy (non-hydrogen) atoms. The summed E-state index contributed by atoms with van der Waals surface area (Å²) in [6.45, 7) is 3.99. The molecule has 1 saturated heterocycles. The van der Waals surface area contributed by atoms with Crippen LogP contribution in [0.1, 0.15) is 23.7 Å². The number of hydrogen-bond donors (Lipinski definition) is 0. The summed E-state index contributed by atoms with van der Waals surface area (Å²) in [6, 6.07) is 7.02. The minimum absolute atomic E-state index is 0.0984. The van der Waals surface area contributed by atoms with E-state index in [4.69, 9.17) is 4.74 Å². The van der Waals surface area contributed by atoms with Gasteiger partial charge in [0.2, 0.25) is 10.0 Å². The summed E-state index contributed by atoms with van der Waals surface area (Å²) in [4.78, 5) is 14.6. The summed E-state index contributed by atoms with van der Waals surface area (Å²) in [5.74, 6) is 0.623. The van der Waals surface area contributed by atoms with Gasteiger partial charge in [-0.1, -0.05) is 0 Å². The maximum absolute atomic E-state index is 12.8. The highest BCUT2D eigenvalue weighted by Gasteiger charge is 2.29. The van der Waals surface area contributed by atoms with Gasteiger partial charge in [-0.05, 0) is 37.6 Å². The summed E-state index contributed by atoms with van der Waals surface area (Å²) in [5, 5.41) is 3.94. The van der Waals surface area contributed by atoms with Crippen molar-refractivity contribution in [3.05, 3.63) is 42.2 Å². The predicted molar refractivity (Wildman–Crippen MR) is 100 cm³/mol. The molecule has 1 aromatic heterocycles. The van der Waals surface area contributed by atoms with Crippen LogP contribution in [0.3, 0.4) is 0 Å². The van der Waals surface area contributed by atoms with Gasteiger partial charge in [0.15, 0.2) is 0 Å². The van der Waals surface area contributed by atoms with E-state index in [1.54, 1.807) is 36.2 Å². The van der Waals surface area contributed by atoms with Gasteiger partial charge in [-0.15, -0.1) is 0 Å². The first-order valence-electron chi connectivity index (χ1n) is 8.92. The Balaban J connectivity index is 1.68. The topological polar surface area (TPSA) is 84.7 Å². The molecule has 3 rings (SSSR count). The monoisotopic (exact) mass is 392 g/mol. The fraction of sp³-hybridized carbons (Fsp3) is 0.444. The zero-order chi connectivity index (χ0) is 19.4. The Kier molecular flexibility index (Phi) is 5.81.